The zero-order valence-electron chi connectivity index (χ0n) is 18.1. The molecule has 0 N–H and O–H groups in total. The Hall–Kier alpha value is -0.751. The van der Waals surface area contributed by atoms with E-state index < -0.39 is 28.4 Å². The van der Waals surface area contributed by atoms with Gasteiger partial charge in [0.2, 0.25) is 0 Å². The van der Waals surface area contributed by atoms with Crippen LogP contribution in [0, 0.1) is 6.92 Å². The van der Waals surface area contributed by atoms with Crippen molar-refractivity contribution < 1.29 is 8.42 Å². The molecule has 0 fully saturated rings. The molecular formula is C23H37NO2SSn. The molecule has 2 rings (SSSR count). The predicted octanol–water partition coefficient (Wildman–Crippen LogP) is 6.09. The van der Waals surface area contributed by atoms with Crippen LogP contribution in [0.1, 0.15) is 64.9 Å². The number of hydrogen-bond donors (Lipinski definition) is 0. The van der Waals surface area contributed by atoms with Crippen molar-refractivity contribution in [2.24, 2.45) is 0 Å². The molecule has 28 heavy (non-hydrogen) atoms. The first-order valence-corrected chi connectivity index (χ1v) is 19.8. The van der Waals surface area contributed by atoms with Crippen LogP contribution in [0.2, 0.25) is 13.3 Å². The fourth-order valence-corrected chi connectivity index (χ4v) is 23.7. The van der Waals surface area contributed by atoms with Crippen molar-refractivity contribution >= 4 is 32.1 Å². The van der Waals surface area contributed by atoms with E-state index >= 15 is 0 Å². The third kappa shape index (κ3) is 5.44. The fourth-order valence-electron chi connectivity index (χ4n) is 4.11. The third-order valence-electron chi connectivity index (χ3n) is 5.86. The van der Waals surface area contributed by atoms with E-state index in [1.165, 1.54) is 55.5 Å². The van der Waals surface area contributed by atoms with Gasteiger partial charge in [0.15, 0.2) is 0 Å². The third-order valence-corrected chi connectivity index (χ3v) is 23.5. The van der Waals surface area contributed by atoms with Gasteiger partial charge in [-0.2, -0.15) is 0 Å². The molecule has 1 heterocycles. The van der Waals surface area contributed by atoms with Crippen LogP contribution in [0.4, 0.5) is 0 Å². The SMILES string of the molecule is CCC[CH2][Sn]([CH2]CCC)([CH2]CCC)[c]1cccn1S(=O)(=O)c1ccc(C)cc1. The van der Waals surface area contributed by atoms with Crippen LogP contribution in [0.15, 0.2) is 47.5 Å². The minimum absolute atomic E-state index is 0.400. The Morgan fingerprint density at radius 1 is 0.821 bits per heavy atom. The van der Waals surface area contributed by atoms with Gasteiger partial charge < -0.3 is 0 Å². The molecule has 1 aromatic carbocycles. The van der Waals surface area contributed by atoms with Gasteiger partial charge in [0, 0.05) is 0 Å². The number of aryl methyl sites for hydroxylation is 1. The monoisotopic (exact) mass is 511 g/mol. The number of benzene rings is 1. The molecule has 0 radical (unpaired) electrons. The van der Waals surface area contributed by atoms with Crippen molar-refractivity contribution in [2.75, 3.05) is 0 Å². The van der Waals surface area contributed by atoms with Crippen LogP contribution in [-0.4, -0.2) is 30.8 Å². The van der Waals surface area contributed by atoms with E-state index in [0.29, 0.717) is 4.90 Å². The summed E-state index contributed by atoms with van der Waals surface area (Å²) in [5.74, 6) is 0. The van der Waals surface area contributed by atoms with Crippen LogP contribution >= 0.6 is 0 Å². The molecule has 2 aromatic rings. The summed E-state index contributed by atoms with van der Waals surface area (Å²) < 4.78 is 33.6. The number of hydrogen-bond acceptors (Lipinski definition) is 2. The van der Waals surface area contributed by atoms with Gasteiger partial charge >= 0.3 is 177 Å². The average Bonchev–Trinajstić information content (AvgIpc) is 3.19. The van der Waals surface area contributed by atoms with Gasteiger partial charge in [-0.25, -0.2) is 0 Å². The van der Waals surface area contributed by atoms with Crippen molar-refractivity contribution in [1.82, 2.24) is 3.97 Å². The summed E-state index contributed by atoms with van der Waals surface area (Å²) in [5.41, 5.74) is 1.08. The predicted molar refractivity (Wildman–Crippen MR) is 123 cm³/mol. The van der Waals surface area contributed by atoms with Crippen LogP contribution in [0.25, 0.3) is 0 Å². The van der Waals surface area contributed by atoms with E-state index in [2.05, 4.69) is 26.8 Å². The first-order valence-electron chi connectivity index (χ1n) is 10.9. The van der Waals surface area contributed by atoms with Gasteiger partial charge in [0.1, 0.15) is 0 Å². The van der Waals surface area contributed by atoms with E-state index in [1.54, 1.807) is 22.3 Å². The molecule has 0 spiro atoms. The van der Waals surface area contributed by atoms with E-state index in [9.17, 15) is 8.42 Å². The normalized spacial score (nSPS) is 12.4. The minimum atomic E-state index is -3.53. The average molecular weight is 510 g/mol. The first-order chi connectivity index (χ1) is 13.4. The molecule has 0 aliphatic rings. The van der Waals surface area contributed by atoms with Gasteiger partial charge in [-0.15, -0.1) is 0 Å². The van der Waals surface area contributed by atoms with Crippen LogP contribution < -0.4 is 3.71 Å². The Labute approximate surface area is 176 Å². The summed E-state index contributed by atoms with van der Waals surface area (Å²) in [6.07, 6.45) is 9.00. The molecule has 5 heteroatoms. The second kappa shape index (κ2) is 10.9. The molecule has 156 valence electrons. The number of aromatic nitrogens is 1. The number of nitrogens with zero attached hydrogens (tertiary/aromatic N) is 1. The molecule has 1 aromatic heterocycles. The Kier molecular flexibility index (Phi) is 9.13. The topological polar surface area (TPSA) is 39.1 Å². The summed E-state index contributed by atoms with van der Waals surface area (Å²) in [7, 11) is -3.53. The summed E-state index contributed by atoms with van der Waals surface area (Å²) in [5, 5.41) is 0. The van der Waals surface area contributed by atoms with Crippen molar-refractivity contribution in [3.8, 4) is 0 Å². The van der Waals surface area contributed by atoms with Gasteiger partial charge in [-0.1, -0.05) is 0 Å². The Balaban J connectivity index is 2.55. The van der Waals surface area contributed by atoms with E-state index in [1.807, 2.05) is 25.1 Å². The molecule has 0 atom stereocenters. The zero-order chi connectivity index (χ0) is 20.6. The van der Waals surface area contributed by atoms with Crippen molar-refractivity contribution in [1.29, 1.82) is 0 Å². The van der Waals surface area contributed by atoms with Crippen molar-refractivity contribution in [2.45, 2.75) is 84.4 Å². The van der Waals surface area contributed by atoms with Gasteiger partial charge in [-0.05, 0) is 0 Å². The van der Waals surface area contributed by atoms with Crippen LogP contribution in [0.5, 0.6) is 0 Å². The Morgan fingerprint density at radius 3 is 1.79 bits per heavy atom. The maximum absolute atomic E-state index is 13.5. The van der Waals surface area contributed by atoms with E-state index in [4.69, 9.17) is 0 Å². The molecule has 0 bridgehead atoms. The van der Waals surface area contributed by atoms with Gasteiger partial charge in [-0.3, -0.25) is 0 Å². The molecule has 0 unspecified atom stereocenters. The second-order valence-corrected chi connectivity index (χ2v) is 23.0. The maximum atomic E-state index is 13.5. The second-order valence-electron chi connectivity index (χ2n) is 8.10. The summed E-state index contributed by atoms with van der Waals surface area (Å²) in [4.78, 5) is 0.400. The standard InChI is InChI=1S/C11H10NO2S.3C4H9.Sn/c1-10-4-6-11(7-5-10)15(13,14)12-8-2-3-9-12;3*1-3-4-2;/h2-8H,1H3;3*1,3-4H2,2H3;. The molecule has 0 amide bonds. The summed E-state index contributed by atoms with van der Waals surface area (Å²) in [6.45, 7) is 8.73. The quantitative estimate of drug-likeness (QED) is 0.325. The Morgan fingerprint density at radius 2 is 1.32 bits per heavy atom. The number of rotatable bonds is 12. The van der Waals surface area contributed by atoms with Crippen molar-refractivity contribution in [3.05, 3.63) is 48.2 Å². The number of unbranched alkanes of at least 4 members (excludes halogenated alkanes) is 3. The first kappa shape index (κ1) is 23.5. The van der Waals surface area contributed by atoms with E-state index in [-0.39, 0.29) is 0 Å². The molecule has 3 nitrogen and oxygen atoms in total. The summed E-state index contributed by atoms with van der Waals surface area (Å²) in [6, 6.07) is 11.4. The molecular weight excluding hydrogens is 473 g/mol. The Bertz CT molecular complexity index is 803. The van der Waals surface area contributed by atoms with Gasteiger partial charge in [0.25, 0.3) is 0 Å². The summed E-state index contributed by atoms with van der Waals surface area (Å²) >= 11 is -2.83. The van der Waals surface area contributed by atoms with Crippen molar-refractivity contribution in [3.63, 3.8) is 0 Å². The van der Waals surface area contributed by atoms with Crippen LogP contribution in [0.3, 0.4) is 0 Å². The van der Waals surface area contributed by atoms with Gasteiger partial charge in [0.05, 0.1) is 0 Å². The molecule has 0 aliphatic heterocycles. The zero-order valence-corrected chi connectivity index (χ0v) is 21.7. The molecule has 0 aliphatic carbocycles. The fraction of sp³-hybridized carbons (Fsp3) is 0.565. The van der Waals surface area contributed by atoms with Crippen LogP contribution in [-0.2, 0) is 10.0 Å². The molecule has 0 saturated heterocycles. The molecule has 0 saturated carbocycles. The van der Waals surface area contributed by atoms with E-state index in [0.717, 1.165) is 5.56 Å².